The van der Waals surface area contributed by atoms with E-state index in [2.05, 4.69) is 26.1 Å². The average molecular weight is 300 g/mol. The predicted octanol–water partition coefficient (Wildman–Crippen LogP) is 3.77. The zero-order valence-electron chi connectivity index (χ0n) is 12.7. The molecule has 0 aliphatic carbocycles. The minimum absolute atomic E-state index is 0.0563. The summed E-state index contributed by atoms with van der Waals surface area (Å²) in [5.41, 5.74) is 1.13. The van der Waals surface area contributed by atoms with Crippen LogP contribution in [-0.4, -0.2) is 23.9 Å². The molecule has 0 bridgehead atoms. The number of halogens is 1. The number of nitrogens with one attached hydrogen (secondary N) is 1. The number of benzene rings is 1. The van der Waals surface area contributed by atoms with E-state index in [0.717, 1.165) is 42.1 Å². The summed E-state index contributed by atoms with van der Waals surface area (Å²) in [7, 11) is 0. The Morgan fingerprint density at radius 2 is 1.95 bits per heavy atom. The molecule has 0 spiro atoms. The summed E-state index contributed by atoms with van der Waals surface area (Å²) in [5.74, 6) is 0.884. The minimum Gasteiger partial charge on any atom is -0.493 e. The number of rotatable bonds is 8. The molecular weight excluding hydrogens is 274 g/mol. The van der Waals surface area contributed by atoms with Gasteiger partial charge in [0, 0.05) is 29.3 Å². The van der Waals surface area contributed by atoms with E-state index in [4.69, 9.17) is 21.4 Å². The SMILES string of the molecule is CC(C)(C)NCc1cc(Cl)ccc1OCCCCCO. The maximum Gasteiger partial charge on any atom is 0.123 e. The molecule has 0 fully saturated rings. The van der Waals surface area contributed by atoms with Crippen molar-refractivity contribution in [2.75, 3.05) is 13.2 Å². The highest BCUT2D eigenvalue weighted by atomic mass is 35.5. The van der Waals surface area contributed by atoms with Crippen molar-refractivity contribution in [3.05, 3.63) is 28.8 Å². The second kappa shape index (κ2) is 8.50. The van der Waals surface area contributed by atoms with E-state index >= 15 is 0 Å². The van der Waals surface area contributed by atoms with Gasteiger partial charge < -0.3 is 15.2 Å². The summed E-state index contributed by atoms with van der Waals surface area (Å²) in [6.45, 7) is 8.05. The maximum absolute atomic E-state index is 8.74. The Kier molecular flexibility index (Phi) is 7.35. The Balaban J connectivity index is 2.56. The van der Waals surface area contributed by atoms with Crippen LogP contribution in [0, 0.1) is 0 Å². The molecule has 20 heavy (non-hydrogen) atoms. The minimum atomic E-state index is 0.0563. The smallest absolute Gasteiger partial charge is 0.123 e. The predicted molar refractivity (Wildman–Crippen MR) is 84.5 cm³/mol. The number of aliphatic hydroxyl groups excluding tert-OH is 1. The van der Waals surface area contributed by atoms with E-state index < -0.39 is 0 Å². The van der Waals surface area contributed by atoms with Gasteiger partial charge in [0.25, 0.3) is 0 Å². The van der Waals surface area contributed by atoms with Gasteiger partial charge in [0.05, 0.1) is 6.61 Å². The molecule has 1 aromatic rings. The third-order valence-electron chi connectivity index (χ3n) is 2.89. The molecule has 114 valence electrons. The molecule has 0 atom stereocenters. The zero-order chi connectivity index (χ0) is 15.0. The molecule has 0 saturated heterocycles. The fraction of sp³-hybridized carbons (Fsp3) is 0.625. The fourth-order valence-electron chi connectivity index (χ4n) is 1.76. The van der Waals surface area contributed by atoms with Crippen molar-refractivity contribution >= 4 is 11.6 Å². The van der Waals surface area contributed by atoms with Gasteiger partial charge in [0.15, 0.2) is 0 Å². The van der Waals surface area contributed by atoms with Crippen LogP contribution in [0.1, 0.15) is 45.6 Å². The highest BCUT2D eigenvalue weighted by Gasteiger charge is 2.11. The largest absolute Gasteiger partial charge is 0.493 e. The summed E-state index contributed by atoms with van der Waals surface area (Å²) in [5, 5.41) is 12.9. The van der Waals surface area contributed by atoms with Gasteiger partial charge >= 0.3 is 0 Å². The van der Waals surface area contributed by atoms with Crippen LogP contribution in [0.2, 0.25) is 5.02 Å². The second-order valence-corrected chi connectivity index (χ2v) is 6.42. The monoisotopic (exact) mass is 299 g/mol. The Bertz CT molecular complexity index is 402. The summed E-state index contributed by atoms with van der Waals surface area (Å²) in [6.07, 6.45) is 2.78. The standard InChI is InChI=1S/C16H26ClNO2/c1-16(2,3)18-12-13-11-14(17)7-8-15(13)20-10-6-4-5-9-19/h7-8,11,18-19H,4-6,9-10,12H2,1-3H3. The molecule has 2 N–H and O–H groups in total. The van der Waals surface area contributed by atoms with Crippen molar-refractivity contribution in [2.45, 2.75) is 52.1 Å². The van der Waals surface area contributed by atoms with Gasteiger partial charge in [0.2, 0.25) is 0 Å². The summed E-state index contributed by atoms with van der Waals surface area (Å²) < 4.78 is 5.82. The fourth-order valence-corrected chi connectivity index (χ4v) is 1.95. The molecule has 4 heteroatoms. The van der Waals surface area contributed by atoms with Gasteiger partial charge in [-0.1, -0.05) is 11.6 Å². The Morgan fingerprint density at radius 3 is 2.60 bits per heavy atom. The molecule has 1 rings (SSSR count). The lowest BCUT2D eigenvalue weighted by molar-refractivity contribution is 0.265. The van der Waals surface area contributed by atoms with Crippen molar-refractivity contribution < 1.29 is 9.84 Å². The second-order valence-electron chi connectivity index (χ2n) is 5.99. The number of hydrogen-bond donors (Lipinski definition) is 2. The average Bonchev–Trinajstić information content (AvgIpc) is 2.37. The molecule has 0 unspecified atom stereocenters. The van der Waals surface area contributed by atoms with Crippen LogP contribution in [-0.2, 0) is 6.54 Å². The molecule has 0 aliphatic heterocycles. The van der Waals surface area contributed by atoms with Gasteiger partial charge in [-0.2, -0.15) is 0 Å². The van der Waals surface area contributed by atoms with Crippen LogP contribution < -0.4 is 10.1 Å². The molecule has 0 amide bonds. The van der Waals surface area contributed by atoms with Crippen LogP contribution in [0.5, 0.6) is 5.75 Å². The van der Waals surface area contributed by atoms with Gasteiger partial charge in [-0.25, -0.2) is 0 Å². The number of unbranched alkanes of at least 4 members (excludes halogenated alkanes) is 2. The Hall–Kier alpha value is -0.770. The highest BCUT2D eigenvalue weighted by molar-refractivity contribution is 6.30. The van der Waals surface area contributed by atoms with E-state index in [1.165, 1.54) is 0 Å². The van der Waals surface area contributed by atoms with Crippen LogP contribution in [0.25, 0.3) is 0 Å². The van der Waals surface area contributed by atoms with Gasteiger partial charge in [-0.3, -0.25) is 0 Å². The molecule has 0 heterocycles. The van der Waals surface area contributed by atoms with Crippen LogP contribution in [0.3, 0.4) is 0 Å². The van der Waals surface area contributed by atoms with Crippen molar-refractivity contribution in [2.24, 2.45) is 0 Å². The third kappa shape index (κ3) is 7.13. The number of aliphatic hydroxyl groups is 1. The van der Waals surface area contributed by atoms with Crippen LogP contribution >= 0.6 is 11.6 Å². The third-order valence-corrected chi connectivity index (χ3v) is 3.13. The molecule has 0 radical (unpaired) electrons. The highest BCUT2D eigenvalue weighted by Crippen LogP contribution is 2.23. The molecule has 0 saturated carbocycles. The molecule has 1 aromatic carbocycles. The summed E-state index contributed by atoms with van der Waals surface area (Å²) in [6, 6.07) is 5.72. The first kappa shape index (κ1) is 17.3. The van der Waals surface area contributed by atoms with E-state index in [1.54, 1.807) is 0 Å². The molecule has 0 aromatic heterocycles. The number of ether oxygens (including phenoxy) is 1. The van der Waals surface area contributed by atoms with Crippen molar-refractivity contribution in [1.82, 2.24) is 5.32 Å². The quantitative estimate of drug-likeness (QED) is 0.718. The zero-order valence-corrected chi connectivity index (χ0v) is 13.5. The first-order chi connectivity index (χ1) is 9.42. The normalized spacial score (nSPS) is 11.7. The molecular formula is C16H26ClNO2. The lowest BCUT2D eigenvalue weighted by Gasteiger charge is -2.22. The van der Waals surface area contributed by atoms with Crippen LogP contribution in [0.15, 0.2) is 18.2 Å². The van der Waals surface area contributed by atoms with E-state index in [1.807, 2.05) is 18.2 Å². The lowest BCUT2D eigenvalue weighted by Crippen LogP contribution is -2.35. The van der Waals surface area contributed by atoms with Gasteiger partial charge in [-0.15, -0.1) is 0 Å². The number of hydrogen-bond acceptors (Lipinski definition) is 3. The van der Waals surface area contributed by atoms with Gasteiger partial charge in [-0.05, 0) is 58.2 Å². The first-order valence-corrected chi connectivity index (χ1v) is 7.57. The topological polar surface area (TPSA) is 41.5 Å². The van der Waals surface area contributed by atoms with Gasteiger partial charge in [0.1, 0.15) is 5.75 Å². The van der Waals surface area contributed by atoms with E-state index in [9.17, 15) is 0 Å². The molecule has 3 nitrogen and oxygen atoms in total. The summed E-state index contributed by atoms with van der Waals surface area (Å²) >= 11 is 6.06. The maximum atomic E-state index is 8.74. The Morgan fingerprint density at radius 1 is 1.20 bits per heavy atom. The van der Waals surface area contributed by atoms with Crippen molar-refractivity contribution in [3.63, 3.8) is 0 Å². The Labute approximate surface area is 127 Å². The van der Waals surface area contributed by atoms with E-state index in [0.29, 0.717) is 6.61 Å². The first-order valence-electron chi connectivity index (χ1n) is 7.19. The van der Waals surface area contributed by atoms with E-state index in [-0.39, 0.29) is 12.1 Å². The lowest BCUT2D eigenvalue weighted by atomic mass is 10.1. The summed E-state index contributed by atoms with van der Waals surface area (Å²) in [4.78, 5) is 0. The molecule has 0 aliphatic rings. The van der Waals surface area contributed by atoms with Crippen molar-refractivity contribution in [1.29, 1.82) is 0 Å². The van der Waals surface area contributed by atoms with Crippen molar-refractivity contribution in [3.8, 4) is 5.75 Å². The van der Waals surface area contributed by atoms with Crippen LogP contribution in [0.4, 0.5) is 0 Å².